The van der Waals surface area contributed by atoms with Crippen molar-refractivity contribution in [2.45, 2.75) is 26.3 Å². The fourth-order valence-electron chi connectivity index (χ4n) is 3.41. The molecule has 2 heterocycles. The van der Waals surface area contributed by atoms with Gasteiger partial charge < -0.3 is 0 Å². The van der Waals surface area contributed by atoms with Crippen molar-refractivity contribution < 1.29 is 8.78 Å². The summed E-state index contributed by atoms with van der Waals surface area (Å²) in [6.07, 6.45) is 0. The number of alkyl halides is 2. The van der Waals surface area contributed by atoms with Crippen molar-refractivity contribution in [2.75, 3.05) is 0 Å². The maximum Gasteiger partial charge on any atom is 0.282 e. The molecule has 0 aliphatic heterocycles. The molecule has 0 unspecified atom stereocenters. The third-order valence-corrected chi connectivity index (χ3v) is 5.03. The second-order valence-corrected chi connectivity index (χ2v) is 7.65. The molecule has 0 saturated carbocycles. The summed E-state index contributed by atoms with van der Waals surface area (Å²) in [6.45, 7) is 1.43. The fourth-order valence-corrected chi connectivity index (χ4v) is 3.54. The van der Waals surface area contributed by atoms with E-state index in [-0.39, 0.29) is 16.9 Å². The highest BCUT2D eigenvalue weighted by Crippen LogP contribution is 2.31. The van der Waals surface area contributed by atoms with Crippen molar-refractivity contribution >= 4 is 22.6 Å². The van der Waals surface area contributed by atoms with Crippen LogP contribution in [0.4, 0.5) is 8.78 Å². The summed E-state index contributed by atoms with van der Waals surface area (Å²) in [7, 11) is 0. The van der Waals surface area contributed by atoms with Gasteiger partial charge in [-0.1, -0.05) is 35.9 Å². The normalized spacial score (nSPS) is 11.6. The summed E-state index contributed by atoms with van der Waals surface area (Å²) in [6, 6.07) is 15.7. The highest BCUT2D eigenvalue weighted by molar-refractivity contribution is 6.30. The van der Waals surface area contributed by atoms with E-state index in [1.807, 2.05) is 0 Å². The van der Waals surface area contributed by atoms with Crippen LogP contribution in [0.1, 0.15) is 18.3 Å². The summed E-state index contributed by atoms with van der Waals surface area (Å²) in [4.78, 5) is 17.5. The molecule has 0 amide bonds. The van der Waals surface area contributed by atoms with Gasteiger partial charge in [0.2, 0.25) is 0 Å². The van der Waals surface area contributed by atoms with Crippen molar-refractivity contribution in [3.63, 3.8) is 0 Å². The van der Waals surface area contributed by atoms with Crippen LogP contribution in [-0.2, 0) is 6.54 Å². The number of nitrogens with zero attached hydrogens (tertiary/aromatic N) is 5. The van der Waals surface area contributed by atoms with E-state index in [9.17, 15) is 18.8 Å². The van der Waals surface area contributed by atoms with Crippen LogP contribution >= 0.6 is 11.6 Å². The maximum atomic E-state index is 13.7. The van der Waals surface area contributed by atoms with Crippen molar-refractivity contribution in [3.8, 4) is 23.0 Å². The Bertz CT molecular complexity index is 1400. The highest BCUT2D eigenvalue weighted by Gasteiger charge is 2.27. The summed E-state index contributed by atoms with van der Waals surface area (Å²) in [5, 5.41) is 14.5. The van der Waals surface area contributed by atoms with Gasteiger partial charge >= 0.3 is 0 Å². The van der Waals surface area contributed by atoms with Gasteiger partial charge in [0.05, 0.1) is 17.8 Å². The predicted molar refractivity (Wildman–Crippen MR) is 114 cm³/mol. The van der Waals surface area contributed by atoms with Crippen molar-refractivity contribution in [1.82, 2.24) is 19.3 Å². The lowest BCUT2D eigenvalue weighted by atomic mass is 10.1. The van der Waals surface area contributed by atoms with Crippen LogP contribution in [0.3, 0.4) is 0 Å². The molecule has 0 radical (unpaired) electrons. The van der Waals surface area contributed by atoms with Crippen LogP contribution in [0.5, 0.6) is 0 Å². The van der Waals surface area contributed by atoms with Gasteiger partial charge in [0.1, 0.15) is 23.1 Å². The Kier molecular flexibility index (Phi) is 5.07. The van der Waals surface area contributed by atoms with E-state index in [0.717, 1.165) is 11.5 Å². The molecule has 0 fully saturated rings. The maximum absolute atomic E-state index is 13.7. The fraction of sp³-hybridized carbons (Fsp3) is 0.182. The first-order chi connectivity index (χ1) is 14.7. The summed E-state index contributed by atoms with van der Waals surface area (Å²) in [5.74, 6) is -2.96. The number of halogens is 3. The zero-order chi connectivity index (χ0) is 22.3. The minimum atomic E-state index is -3.10. The van der Waals surface area contributed by atoms with Crippen molar-refractivity contribution in [2.24, 2.45) is 0 Å². The first kappa shape index (κ1) is 20.7. The van der Waals surface area contributed by atoms with Crippen molar-refractivity contribution in [1.29, 1.82) is 5.26 Å². The molecule has 2 aromatic carbocycles. The lowest BCUT2D eigenvalue weighted by molar-refractivity contribution is 0.00222. The molecule has 31 heavy (non-hydrogen) atoms. The van der Waals surface area contributed by atoms with Crippen LogP contribution < -0.4 is 5.56 Å². The molecule has 0 N–H and O–H groups in total. The van der Waals surface area contributed by atoms with Crippen LogP contribution in [0, 0.1) is 18.3 Å². The molecule has 156 valence electrons. The molecule has 6 nitrogen and oxygen atoms in total. The average Bonchev–Trinajstić information content (AvgIpc) is 3.10. The van der Waals surface area contributed by atoms with E-state index in [1.54, 1.807) is 48.5 Å². The van der Waals surface area contributed by atoms with Gasteiger partial charge in [-0.2, -0.15) is 10.4 Å². The molecule has 0 atom stereocenters. The average molecular weight is 440 g/mol. The second-order valence-electron chi connectivity index (χ2n) is 7.21. The van der Waals surface area contributed by atoms with E-state index in [0.29, 0.717) is 27.5 Å². The van der Waals surface area contributed by atoms with E-state index in [4.69, 9.17) is 11.6 Å². The molecular formula is C22H16ClF2N5O. The standard InChI is InChI=1S/C22H16ClF2N5O/c1-13-27-18-19(21(31)29(13)12-22(2,24)25)28-30(17-6-4-3-5-15(17)11-26)20(18)14-7-9-16(23)10-8-14/h3-10H,12H2,1-2H3. The lowest BCUT2D eigenvalue weighted by Gasteiger charge is -2.14. The van der Waals surface area contributed by atoms with Crippen LogP contribution in [0.2, 0.25) is 5.02 Å². The monoisotopic (exact) mass is 439 g/mol. The number of nitriles is 1. The Morgan fingerprint density at radius 1 is 1.13 bits per heavy atom. The first-order valence-corrected chi connectivity index (χ1v) is 9.71. The van der Waals surface area contributed by atoms with Gasteiger partial charge in [0.25, 0.3) is 11.5 Å². The van der Waals surface area contributed by atoms with E-state index in [1.165, 1.54) is 11.6 Å². The molecule has 0 bridgehead atoms. The third kappa shape index (κ3) is 3.80. The number of rotatable bonds is 4. The molecular weight excluding hydrogens is 424 g/mol. The van der Waals surface area contributed by atoms with E-state index in [2.05, 4.69) is 16.2 Å². The van der Waals surface area contributed by atoms with Gasteiger partial charge in [-0.15, -0.1) is 0 Å². The molecule has 9 heteroatoms. The second kappa shape index (κ2) is 7.60. The number of aryl methyl sites for hydroxylation is 1. The van der Waals surface area contributed by atoms with Gasteiger partial charge in [-0.05, 0) is 31.2 Å². The number of hydrogen-bond acceptors (Lipinski definition) is 4. The summed E-state index contributed by atoms with van der Waals surface area (Å²) in [5.41, 5.74) is 1.42. The SMILES string of the molecule is Cc1nc2c(-c3ccc(Cl)cc3)n(-c3ccccc3C#N)nc2c(=O)n1CC(C)(F)F. The highest BCUT2D eigenvalue weighted by atomic mass is 35.5. The zero-order valence-electron chi connectivity index (χ0n) is 16.6. The van der Waals surface area contributed by atoms with E-state index < -0.39 is 18.0 Å². The first-order valence-electron chi connectivity index (χ1n) is 9.33. The molecule has 0 aliphatic carbocycles. The molecule has 4 rings (SSSR count). The molecule has 4 aromatic rings. The van der Waals surface area contributed by atoms with Crippen LogP contribution in [0.15, 0.2) is 53.3 Å². The van der Waals surface area contributed by atoms with Gasteiger partial charge in [-0.3, -0.25) is 9.36 Å². The molecule has 0 spiro atoms. The quantitative estimate of drug-likeness (QED) is 0.460. The number of aromatic nitrogens is 4. The van der Waals surface area contributed by atoms with Gasteiger partial charge in [0, 0.05) is 17.5 Å². The van der Waals surface area contributed by atoms with Gasteiger partial charge in [0.15, 0.2) is 5.52 Å². The van der Waals surface area contributed by atoms with E-state index >= 15 is 0 Å². The largest absolute Gasteiger partial charge is 0.289 e. The summed E-state index contributed by atoms with van der Waals surface area (Å²) >= 11 is 6.02. The Labute approximate surface area is 180 Å². The predicted octanol–water partition coefficient (Wildman–Crippen LogP) is 4.74. The molecule has 2 aromatic heterocycles. The molecule has 0 aliphatic rings. The van der Waals surface area contributed by atoms with Gasteiger partial charge in [-0.25, -0.2) is 18.4 Å². The molecule has 0 saturated heterocycles. The number of hydrogen-bond donors (Lipinski definition) is 0. The minimum Gasteiger partial charge on any atom is -0.289 e. The lowest BCUT2D eigenvalue weighted by Crippen LogP contribution is -2.31. The Morgan fingerprint density at radius 2 is 1.81 bits per heavy atom. The Balaban J connectivity index is 2.10. The third-order valence-electron chi connectivity index (χ3n) is 4.78. The van der Waals surface area contributed by atoms with Crippen LogP contribution in [0.25, 0.3) is 28.0 Å². The van der Waals surface area contributed by atoms with Crippen molar-refractivity contribution in [3.05, 3.63) is 75.3 Å². The Morgan fingerprint density at radius 3 is 2.45 bits per heavy atom. The Hall–Kier alpha value is -3.57. The zero-order valence-corrected chi connectivity index (χ0v) is 17.4. The smallest absolute Gasteiger partial charge is 0.282 e. The topological polar surface area (TPSA) is 76.5 Å². The number of para-hydroxylation sites is 1. The number of benzene rings is 2. The van der Waals surface area contributed by atoms with Crippen LogP contribution in [-0.4, -0.2) is 25.3 Å². The minimum absolute atomic E-state index is 0.0625. The number of fused-ring (bicyclic) bond motifs is 1. The summed E-state index contributed by atoms with van der Waals surface area (Å²) < 4.78 is 29.7.